The average Bonchev–Trinajstić information content (AvgIpc) is 3.22. The second-order valence-corrected chi connectivity index (χ2v) is 6.08. The highest BCUT2D eigenvalue weighted by molar-refractivity contribution is 6.30. The molecule has 0 unspecified atom stereocenters. The molecule has 2 nitrogen and oxygen atoms in total. The average molecular weight is 319 g/mol. The van der Waals surface area contributed by atoms with Crippen molar-refractivity contribution in [3.8, 4) is 0 Å². The van der Waals surface area contributed by atoms with Crippen LogP contribution in [0, 0.1) is 11.7 Å². The number of piperazine rings is 1. The van der Waals surface area contributed by atoms with E-state index in [1.54, 1.807) is 0 Å². The Labute approximate surface area is 131 Å². The topological polar surface area (TPSA) is 15.3 Å². The molecule has 3 rings (SSSR count). The molecule has 2 aliphatic rings. The molecule has 1 aliphatic heterocycles. The molecular formula is C15H21Cl2FN2. The van der Waals surface area contributed by atoms with Crippen molar-refractivity contribution in [3.05, 3.63) is 34.6 Å². The molecule has 1 saturated heterocycles. The van der Waals surface area contributed by atoms with E-state index in [-0.39, 0.29) is 24.3 Å². The van der Waals surface area contributed by atoms with Crippen LogP contribution in [0.1, 0.15) is 30.9 Å². The van der Waals surface area contributed by atoms with Crippen LogP contribution in [0.25, 0.3) is 0 Å². The highest BCUT2D eigenvalue weighted by atomic mass is 35.5. The number of rotatable bonds is 4. The number of benzene rings is 1. The van der Waals surface area contributed by atoms with Crippen molar-refractivity contribution in [2.45, 2.75) is 25.3 Å². The zero-order valence-electron chi connectivity index (χ0n) is 11.4. The predicted octanol–water partition coefficient (Wildman–Crippen LogP) is 3.65. The van der Waals surface area contributed by atoms with Gasteiger partial charge in [-0.15, -0.1) is 12.4 Å². The lowest BCUT2D eigenvalue weighted by molar-refractivity contribution is 0.157. The van der Waals surface area contributed by atoms with Gasteiger partial charge in [0.25, 0.3) is 0 Å². The van der Waals surface area contributed by atoms with Crippen molar-refractivity contribution in [1.82, 2.24) is 10.2 Å². The van der Waals surface area contributed by atoms with Crippen LogP contribution in [-0.4, -0.2) is 31.1 Å². The van der Waals surface area contributed by atoms with E-state index >= 15 is 0 Å². The molecule has 112 valence electrons. The van der Waals surface area contributed by atoms with E-state index in [0.717, 1.165) is 44.1 Å². The third kappa shape index (κ3) is 3.85. The lowest BCUT2D eigenvalue weighted by atomic mass is 9.98. The number of nitrogens with zero attached hydrogens (tertiary/aromatic N) is 1. The minimum absolute atomic E-state index is 0. The van der Waals surface area contributed by atoms with Crippen LogP contribution in [0.5, 0.6) is 0 Å². The molecule has 5 heteroatoms. The van der Waals surface area contributed by atoms with E-state index in [2.05, 4.69) is 10.2 Å². The van der Waals surface area contributed by atoms with Crippen LogP contribution in [0.15, 0.2) is 18.2 Å². The summed E-state index contributed by atoms with van der Waals surface area (Å²) in [6, 6.07) is 5.33. The molecule has 0 amide bonds. The fourth-order valence-electron chi connectivity index (χ4n) is 2.91. The highest BCUT2D eigenvalue weighted by Crippen LogP contribution is 2.41. The quantitative estimate of drug-likeness (QED) is 0.911. The van der Waals surface area contributed by atoms with Crippen molar-refractivity contribution in [2.75, 3.05) is 26.2 Å². The molecule has 2 fully saturated rings. The number of halogens is 3. The Kier molecular flexibility index (Phi) is 5.67. The summed E-state index contributed by atoms with van der Waals surface area (Å²) in [7, 11) is 0. The second-order valence-electron chi connectivity index (χ2n) is 5.65. The standard InChI is InChI=1S/C15H20ClFN2.ClH/c16-12-3-4-13(14(17)10-12)15(9-11-1-2-11)19-7-5-18-6-8-19;/h3-4,10-11,15,18H,1-2,5-9H2;1H/t15-;/m1./s1. The van der Waals surface area contributed by atoms with Gasteiger partial charge in [0.05, 0.1) is 0 Å². The summed E-state index contributed by atoms with van der Waals surface area (Å²) >= 11 is 5.86. The summed E-state index contributed by atoms with van der Waals surface area (Å²) in [6.45, 7) is 3.99. The highest BCUT2D eigenvalue weighted by Gasteiger charge is 2.31. The van der Waals surface area contributed by atoms with E-state index in [0.29, 0.717) is 5.02 Å². The van der Waals surface area contributed by atoms with E-state index in [9.17, 15) is 4.39 Å². The minimum atomic E-state index is -0.156. The molecule has 0 radical (unpaired) electrons. The van der Waals surface area contributed by atoms with Crippen LogP contribution < -0.4 is 5.32 Å². The third-order valence-electron chi connectivity index (χ3n) is 4.17. The normalized spacial score (nSPS) is 21.3. The Bertz CT molecular complexity index is 445. The van der Waals surface area contributed by atoms with E-state index in [4.69, 9.17) is 11.6 Å². The maximum absolute atomic E-state index is 14.2. The maximum Gasteiger partial charge on any atom is 0.129 e. The molecule has 0 aromatic heterocycles. The summed E-state index contributed by atoms with van der Waals surface area (Å²) in [6.07, 6.45) is 3.69. The fourth-order valence-corrected chi connectivity index (χ4v) is 3.07. The van der Waals surface area contributed by atoms with E-state index in [1.165, 1.54) is 18.9 Å². The smallest absolute Gasteiger partial charge is 0.129 e. The summed E-state index contributed by atoms with van der Waals surface area (Å²) in [5.74, 6) is 0.631. The van der Waals surface area contributed by atoms with Gasteiger partial charge in [-0.1, -0.05) is 30.5 Å². The van der Waals surface area contributed by atoms with Crippen LogP contribution in [0.2, 0.25) is 5.02 Å². The number of hydrogen-bond acceptors (Lipinski definition) is 2. The lowest BCUT2D eigenvalue weighted by Crippen LogP contribution is -2.45. The molecule has 1 saturated carbocycles. The molecule has 1 heterocycles. The first-order valence-electron chi connectivity index (χ1n) is 7.14. The van der Waals surface area contributed by atoms with Crippen LogP contribution in [0.3, 0.4) is 0 Å². The van der Waals surface area contributed by atoms with Gasteiger partial charge in [-0.05, 0) is 24.5 Å². The predicted molar refractivity (Wildman–Crippen MR) is 83.2 cm³/mol. The molecule has 1 aromatic rings. The summed E-state index contributed by atoms with van der Waals surface area (Å²) in [4.78, 5) is 2.42. The largest absolute Gasteiger partial charge is 0.314 e. The van der Waals surface area contributed by atoms with Gasteiger partial charge in [-0.3, -0.25) is 4.90 Å². The van der Waals surface area contributed by atoms with Crippen LogP contribution in [-0.2, 0) is 0 Å². The Morgan fingerprint density at radius 1 is 1.30 bits per heavy atom. The van der Waals surface area contributed by atoms with Gasteiger partial charge in [-0.2, -0.15) is 0 Å². The molecule has 20 heavy (non-hydrogen) atoms. The monoisotopic (exact) mass is 318 g/mol. The van der Waals surface area contributed by atoms with Crippen LogP contribution in [0.4, 0.5) is 4.39 Å². The molecule has 0 spiro atoms. The Morgan fingerprint density at radius 2 is 2.00 bits per heavy atom. The Hall–Kier alpha value is -0.350. The van der Waals surface area contributed by atoms with Crippen molar-refractivity contribution < 1.29 is 4.39 Å². The van der Waals surface area contributed by atoms with Gasteiger partial charge in [0.2, 0.25) is 0 Å². The number of hydrogen-bond donors (Lipinski definition) is 1. The van der Waals surface area contributed by atoms with E-state index in [1.807, 2.05) is 12.1 Å². The zero-order valence-corrected chi connectivity index (χ0v) is 13.0. The molecule has 1 atom stereocenters. The lowest BCUT2D eigenvalue weighted by Gasteiger charge is -2.35. The van der Waals surface area contributed by atoms with Gasteiger partial charge in [-0.25, -0.2) is 4.39 Å². The molecule has 1 aromatic carbocycles. The van der Waals surface area contributed by atoms with E-state index < -0.39 is 0 Å². The second kappa shape index (κ2) is 7.08. The first-order valence-corrected chi connectivity index (χ1v) is 7.51. The van der Waals surface area contributed by atoms with Gasteiger partial charge < -0.3 is 5.32 Å². The maximum atomic E-state index is 14.2. The third-order valence-corrected chi connectivity index (χ3v) is 4.40. The minimum Gasteiger partial charge on any atom is -0.314 e. The van der Waals surface area contributed by atoms with Crippen molar-refractivity contribution in [1.29, 1.82) is 0 Å². The summed E-state index contributed by atoms with van der Waals surface area (Å²) in [5, 5.41) is 3.84. The van der Waals surface area contributed by atoms with Crippen molar-refractivity contribution in [2.24, 2.45) is 5.92 Å². The van der Waals surface area contributed by atoms with Gasteiger partial charge in [0, 0.05) is 42.8 Å². The van der Waals surface area contributed by atoms with Gasteiger partial charge >= 0.3 is 0 Å². The first-order chi connectivity index (χ1) is 9.24. The van der Waals surface area contributed by atoms with Gasteiger partial charge in [0.15, 0.2) is 0 Å². The van der Waals surface area contributed by atoms with Crippen LogP contribution >= 0.6 is 24.0 Å². The molecule has 1 N–H and O–H groups in total. The zero-order chi connectivity index (χ0) is 13.2. The fraction of sp³-hybridized carbons (Fsp3) is 0.600. The Morgan fingerprint density at radius 3 is 2.60 bits per heavy atom. The molecule has 1 aliphatic carbocycles. The SMILES string of the molecule is Cl.Fc1cc(Cl)ccc1[C@@H](CC1CC1)N1CCNCC1. The Balaban J connectivity index is 0.00000147. The number of nitrogens with one attached hydrogen (secondary N) is 1. The van der Waals surface area contributed by atoms with Crippen molar-refractivity contribution in [3.63, 3.8) is 0 Å². The summed E-state index contributed by atoms with van der Waals surface area (Å²) < 4.78 is 14.2. The summed E-state index contributed by atoms with van der Waals surface area (Å²) in [5.41, 5.74) is 0.818. The molecular weight excluding hydrogens is 298 g/mol. The van der Waals surface area contributed by atoms with Crippen molar-refractivity contribution >= 4 is 24.0 Å². The van der Waals surface area contributed by atoms with Gasteiger partial charge in [0.1, 0.15) is 5.82 Å². The first kappa shape index (κ1) is 16.0. The molecule has 0 bridgehead atoms.